The van der Waals surface area contributed by atoms with Gasteiger partial charge in [0.15, 0.2) is 0 Å². The molecule has 0 saturated carbocycles. The summed E-state index contributed by atoms with van der Waals surface area (Å²) >= 11 is -3.49. The van der Waals surface area contributed by atoms with Crippen LogP contribution in [0.4, 0.5) is 0 Å². The first-order valence-corrected chi connectivity index (χ1v) is 25.9. The van der Waals surface area contributed by atoms with Gasteiger partial charge in [0.25, 0.3) is 0 Å². The summed E-state index contributed by atoms with van der Waals surface area (Å²) in [6, 6.07) is 38.0. The Balaban J connectivity index is 0.00000152. The molecule has 182 valence electrons. The molecule has 2 aliphatic rings. The summed E-state index contributed by atoms with van der Waals surface area (Å²) < 4.78 is 6.41. The number of hydrogen-bond donors (Lipinski definition) is 0. The standard InChI is InChI=1S/C21H15.C9H7.2CH3.2ClH.H2Si.Zr/c1-3-8-16(9-4-1)19-14-18-12-7-13-20(21(18)15-19)17-10-5-2-6-11-17;1-2-5-9-7-3-6-8(9)4-1;;;;;;/h1-15H;1-7H;2*1H3;2*1H;1H2;. The zero-order valence-electron chi connectivity index (χ0n) is 20.7. The third-order valence-corrected chi connectivity index (χ3v) is 25.5. The number of fused-ring (bicyclic) bond motifs is 2. The van der Waals surface area contributed by atoms with Gasteiger partial charge in [0, 0.05) is 0 Å². The summed E-state index contributed by atoms with van der Waals surface area (Å²) in [5, 5.41) is 0. The van der Waals surface area contributed by atoms with Crippen LogP contribution in [0.1, 0.15) is 35.1 Å². The van der Waals surface area contributed by atoms with E-state index in [-0.39, 0.29) is 24.8 Å². The maximum atomic E-state index is 2.70. The number of allylic oxidation sites excluding steroid dienone is 2. The Morgan fingerprint density at radius 3 is 1.92 bits per heavy atom. The number of hydrogen-bond acceptors (Lipinski definition) is 0. The Kier molecular flexibility index (Phi) is 7.58. The first-order chi connectivity index (χ1) is 16.4. The van der Waals surface area contributed by atoms with Gasteiger partial charge in [-0.1, -0.05) is 0 Å². The molecule has 4 aromatic carbocycles. The van der Waals surface area contributed by atoms with Crippen LogP contribution in [-0.2, 0) is 17.4 Å². The Morgan fingerprint density at radius 1 is 0.639 bits per heavy atom. The second-order valence-electron chi connectivity index (χ2n) is 11.0. The van der Waals surface area contributed by atoms with Gasteiger partial charge in [-0.15, -0.1) is 24.8 Å². The molecule has 0 bridgehead atoms. The molecule has 4 heteroatoms. The van der Waals surface area contributed by atoms with Gasteiger partial charge < -0.3 is 0 Å². The average molecular weight is 607 g/mol. The Morgan fingerprint density at radius 2 is 1.22 bits per heavy atom. The normalized spacial score (nSPS) is 17.9. The predicted octanol–water partition coefficient (Wildman–Crippen LogP) is 8.89. The van der Waals surface area contributed by atoms with Gasteiger partial charge in [-0.05, 0) is 0 Å². The molecule has 0 aromatic heterocycles. The summed E-state index contributed by atoms with van der Waals surface area (Å²) in [5.41, 5.74) is 11.4. The Labute approximate surface area is 229 Å². The summed E-state index contributed by atoms with van der Waals surface area (Å²) in [5.74, 6) is 0. The molecule has 4 aromatic rings. The van der Waals surface area contributed by atoms with E-state index in [9.17, 15) is 0 Å². The Bertz CT molecular complexity index is 1530. The van der Waals surface area contributed by atoms with E-state index >= 15 is 0 Å². The van der Waals surface area contributed by atoms with E-state index in [2.05, 4.69) is 137 Å². The molecule has 0 heterocycles. The van der Waals surface area contributed by atoms with Gasteiger partial charge in [0.1, 0.15) is 0 Å². The van der Waals surface area contributed by atoms with E-state index < -0.39 is 17.4 Å². The van der Waals surface area contributed by atoms with Gasteiger partial charge in [-0.3, -0.25) is 0 Å². The molecule has 0 spiro atoms. The second kappa shape index (κ2) is 10.1. The minimum atomic E-state index is -3.49. The van der Waals surface area contributed by atoms with Crippen molar-refractivity contribution in [3.05, 3.63) is 137 Å². The topological polar surface area (TPSA) is 0 Å². The van der Waals surface area contributed by atoms with Crippen LogP contribution in [0.25, 0.3) is 28.9 Å². The third-order valence-electron chi connectivity index (χ3n) is 8.02. The molecule has 36 heavy (non-hydrogen) atoms. The maximum absolute atomic E-state index is 3.49. The molecule has 2 atom stereocenters. The fraction of sp³-hybridized carbons (Fsp3) is 0.125. The van der Waals surface area contributed by atoms with Crippen molar-refractivity contribution in [2.75, 3.05) is 0 Å². The SMILES string of the molecule is Cl.Cl.[CH3][Zr]([CH3])(=[SiH2])([CH]1C=Cc2ccccc21)[CH]1C(c2ccccc2)=Cc2c(-c3ccccc3)cccc21. The van der Waals surface area contributed by atoms with Crippen molar-refractivity contribution in [3.8, 4) is 11.1 Å². The fourth-order valence-electron chi connectivity index (χ4n) is 6.43. The average Bonchev–Trinajstić information content (AvgIpc) is 3.48. The number of rotatable bonds is 4. The van der Waals surface area contributed by atoms with Crippen molar-refractivity contribution in [3.63, 3.8) is 0 Å². The van der Waals surface area contributed by atoms with E-state index in [1.165, 1.54) is 44.5 Å². The predicted molar refractivity (Wildman–Crippen MR) is 162 cm³/mol. The van der Waals surface area contributed by atoms with Gasteiger partial charge in [-0.25, -0.2) is 0 Å². The van der Waals surface area contributed by atoms with Crippen molar-refractivity contribution >= 4 is 49.4 Å². The third kappa shape index (κ3) is 4.37. The molecule has 0 amide bonds. The van der Waals surface area contributed by atoms with Crippen LogP contribution in [0.2, 0.25) is 9.26 Å². The van der Waals surface area contributed by atoms with Gasteiger partial charge in [-0.2, -0.15) is 0 Å². The van der Waals surface area contributed by atoms with Crippen LogP contribution in [0.15, 0.2) is 109 Å². The summed E-state index contributed by atoms with van der Waals surface area (Å²) in [4.78, 5) is 0. The summed E-state index contributed by atoms with van der Waals surface area (Å²) in [7, 11) is 0. The molecular formula is C32H32Cl2SiZr. The number of benzene rings is 4. The molecule has 0 N–H and O–H groups in total. The summed E-state index contributed by atoms with van der Waals surface area (Å²) in [6.45, 7) is 2.40. The molecule has 0 fully saturated rings. The van der Waals surface area contributed by atoms with Crippen molar-refractivity contribution < 1.29 is 17.4 Å². The van der Waals surface area contributed by atoms with Gasteiger partial charge in [0.05, 0.1) is 0 Å². The van der Waals surface area contributed by atoms with E-state index in [4.69, 9.17) is 0 Å². The first-order valence-electron chi connectivity index (χ1n) is 12.2. The summed E-state index contributed by atoms with van der Waals surface area (Å²) in [6.07, 6.45) is 7.43. The second-order valence-corrected chi connectivity index (χ2v) is 41.6. The van der Waals surface area contributed by atoms with Crippen LogP contribution in [0.5, 0.6) is 0 Å². The van der Waals surface area contributed by atoms with Gasteiger partial charge in [0.2, 0.25) is 0 Å². The van der Waals surface area contributed by atoms with Crippen LogP contribution < -0.4 is 0 Å². The Hall–Kier alpha value is -1.96. The van der Waals surface area contributed by atoms with E-state index in [0.717, 1.165) is 0 Å². The molecular weight excluding hydrogens is 575 g/mol. The van der Waals surface area contributed by atoms with Crippen molar-refractivity contribution in [1.82, 2.24) is 0 Å². The zero-order chi connectivity index (χ0) is 23.4. The van der Waals surface area contributed by atoms with Gasteiger partial charge >= 0.3 is 207 Å². The molecule has 6 rings (SSSR count). The quantitative estimate of drug-likeness (QED) is 0.204. The molecule has 0 saturated heterocycles. The monoisotopic (exact) mass is 604 g/mol. The van der Waals surface area contributed by atoms with Crippen LogP contribution >= 0.6 is 24.8 Å². The van der Waals surface area contributed by atoms with E-state index in [0.29, 0.717) is 7.25 Å². The molecule has 0 radical (unpaired) electrons. The molecule has 0 nitrogen and oxygen atoms in total. The van der Waals surface area contributed by atoms with E-state index in [1.807, 2.05) is 0 Å². The molecule has 2 unspecified atom stereocenters. The van der Waals surface area contributed by atoms with Crippen molar-refractivity contribution in [2.24, 2.45) is 0 Å². The first kappa shape index (κ1) is 27.1. The van der Waals surface area contributed by atoms with Crippen molar-refractivity contribution in [1.29, 1.82) is 0 Å². The van der Waals surface area contributed by atoms with Crippen LogP contribution in [0.3, 0.4) is 0 Å². The zero-order valence-corrected chi connectivity index (χ0v) is 26.2. The molecule has 0 aliphatic heterocycles. The van der Waals surface area contributed by atoms with Crippen LogP contribution in [0, 0.1) is 0 Å². The van der Waals surface area contributed by atoms with Crippen molar-refractivity contribution in [2.45, 2.75) is 16.5 Å². The molecule has 2 aliphatic carbocycles. The van der Waals surface area contributed by atoms with E-state index in [1.54, 1.807) is 0 Å². The minimum absolute atomic E-state index is 0. The van der Waals surface area contributed by atoms with Crippen LogP contribution in [-0.4, -0.2) is 6.88 Å². The fourth-order valence-corrected chi connectivity index (χ4v) is 23.2. The number of halogens is 2.